The van der Waals surface area contributed by atoms with E-state index in [1.165, 1.54) is 6.07 Å². The summed E-state index contributed by atoms with van der Waals surface area (Å²) >= 11 is 0. The summed E-state index contributed by atoms with van der Waals surface area (Å²) in [5.41, 5.74) is 8.36. The van der Waals surface area contributed by atoms with Crippen molar-refractivity contribution in [3.63, 3.8) is 0 Å². The largest absolute Gasteiger partial charge is 0.384 e. The highest BCUT2D eigenvalue weighted by Gasteiger charge is 2.15. The molecular formula is C29H28FN7. The van der Waals surface area contributed by atoms with Crippen LogP contribution in [0.15, 0.2) is 73.1 Å². The molecule has 0 aliphatic rings. The molecule has 0 spiro atoms. The van der Waals surface area contributed by atoms with Crippen LogP contribution in [-0.4, -0.2) is 57.0 Å². The van der Waals surface area contributed by atoms with Gasteiger partial charge < -0.3 is 15.2 Å². The summed E-state index contributed by atoms with van der Waals surface area (Å²) in [4.78, 5) is 5.62. The molecule has 186 valence electrons. The van der Waals surface area contributed by atoms with E-state index >= 15 is 0 Å². The predicted octanol–water partition coefficient (Wildman–Crippen LogP) is 5.89. The molecule has 0 radical (unpaired) electrons. The number of anilines is 1. The van der Waals surface area contributed by atoms with E-state index in [0.29, 0.717) is 0 Å². The lowest BCUT2D eigenvalue weighted by molar-refractivity contribution is 0.425. The first-order valence-electron chi connectivity index (χ1n) is 12.2. The van der Waals surface area contributed by atoms with E-state index in [9.17, 15) is 4.39 Å². The fourth-order valence-electron chi connectivity index (χ4n) is 4.77. The maximum absolute atomic E-state index is 14.6. The van der Waals surface area contributed by atoms with Crippen molar-refractivity contribution in [2.75, 3.05) is 32.5 Å². The Morgan fingerprint density at radius 2 is 1.84 bits per heavy atom. The normalized spacial score (nSPS) is 11.7. The molecule has 37 heavy (non-hydrogen) atoms. The minimum atomic E-state index is -0.265. The summed E-state index contributed by atoms with van der Waals surface area (Å²) in [6, 6.07) is 19.5. The Bertz CT molecular complexity index is 1720. The van der Waals surface area contributed by atoms with Crippen LogP contribution in [0, 0.1) is 5.82 Å². The van der Waals surface area contributed by atoms with Crippen LogP contribution in [0.5, 0.6) is 0 Å². The zero-order valence-corrected chi connectivity index (χ0v) is 21.0. The van der Waals surface area contributed by atoms with Gasteiger partial charge in [0.2, 0.25) is 0 Å². The van der Waals surface area contributed by atoms with E-state index in [2.05, 4.69) is 48.7 Å². The van der Waals surface area contributed by atoms with Crippen molar-refractivity contribution in [3.8, 4) is 33.6 Å². The molecular weight excluding hydrogens is 465 g/mol. The fourth-order valence-corrected chi connectivity index (χ4v) is 4.77. The number of aromatic nitrogens is 5. The lowest BCUT2D eigenvalue weighted by Crippen LogP contribution is -2.20. The van der Waals surface area contributed by atoms with E-state index in [4.69, 9.17) is 0 Å². The standard InChI is InChI=1S/C29H28FN7/c1-36(2)10-9-31-22-12-19(11-21(30)14-22)23-5-4-6-26-24(23)15-28(33-26)29-25-13-18(7-8-27(25)34-35-29)20-16-32-37(3)17-20/h4-8,11-17,31,33H,9-10H2,1-3H3,(H,34,35). The van der Waals surface area contributed by atoms with Gasteiger partial charge in [0, 0.05) is 53.9 Å². The highest BCUT2D eigenvalue weighted by molar-refractivity contribution is 6.02. The van der Waals surface area contributed by atoms with Crippen molar-refractivity contribution < 1.29 is 4.39 Å². The summed E-state index contributed by atoms with van der Waals surface area (Å²) < 4.78 is 16.4. The summed E-state index contributed by atoms with van der Waals surface area (Å²) in [6.45, 7) is 1.60. The number of nitrogens with zero attached hydrogens (tertiary/aromatic N) is 4. The smallest absolute Gasteiger partial charge is 0.125 e. The first-order valence-corrected chi connectivity index (χ1v) is 12.2. The van der Waals surface area contributed by atoms with Crippen LogP contribution in [0.3, 0.4) is 0 Å². The molecule has 0 saturated heterocycles. The molecule has 3 aromatic heterocycles. The number of likely N-dealkylation sites (N-methyl/N-ethyl adjacent to an activating group) is 1. The van der Waals surface area contributed by atoms with Gasteiger partial charge in [-0.2, -0.15) is 10.2 Å². The third-order valence-electron chi connectivity index (χ3n) is 6.62. The minimum Gasteiger partial charge on any atom is -0.384 e. The number of aromatic amines is 2. The molecule has 3 N–H and O–H groups in total. The Morgan fingerprint density at radius 3 is 2.65 bits per heavy atom. The fraction of sp³-hybridized carbons (Fsp3) is 0.172. The summed E-state index contributed by atoms with van der Waals surface area (Å²) in [7, 11) is 5.95. The highest BCUT2D eigenvalue weighted by atomic mass is 19.1. The van der Waals surface area contributed by atoms with Crippen LogP contribution >= 0.6 is 0 Å². The Kier molecular flexibility index (Phi) is 5.73. The molecule has 6 rings (SSSR count). The zero-order chi connectivity index (χ0) is 25.5. The second kappa shape index (κ2) is 9.22. The number of H-pyrrole nitrogens is 2. The number of halogens is 1. The van der Waals surface area contributed by atoms with Crippen LogP contribution in [0.2, 0.25) is 0 Å². The van der Waals surface area contributed by atoms with Gasteiger partial charge in [-0.05, 0) is 73.3 Å². The maximum atomic E-state index is 14.6. The first-order chi connectivity index (χ1) is 17.9. The number of rotatable bonds is 7. The van der Waals surface area contributed by atoms with Gasteiger partial charge in [0.25, 0.3) is 0 Å². The third-order valence-corrected chi connectivity index (χ3v) is 6.62. The van der Waals surface area contributed by atoms with Gasteiger partial charge in [0.1, 0.15) is 11.5 Å². The predicted molar refractivity (Wildman–Crippen MR) is 148 cm³/mol. The molecule has 7 nitrogen and oxygen atoms in total. The van der Waals surface area contributed by atoms with Crippen LogP contribution in [0.4, 0.5) is 10.1 Å². The van der Waals surface area contributed by atoms with Crippen LogP contribution in [-0.2, 0) is 7.05 Å². The van der Waals surface area contributed by atoms with E-state index < -0.39 is 0 Å². The molecule has 0 aliphatic heterocycles. The lowest BCUT2D eigenvalue weighted by atomic mass is 10.0. The molecule has 0 unspecified atom stereocenters. The second-order valence-electron chi connectivity index (χ2n) is 9.64. The third kappa shape index (κ3) is 4.47. The van der Waals surface area contributed by atoms with Gasteiger partial charge in [-0.25, -0.2) is 4.39 Å². The number of hydrogen-bond donors (Lipinski definition) is 3. The molecule has 0 saturated carbocycles. The Balaban J connectivity index is 1.40. The number of nitrogens with one attached hydrogen (secondary N) is 3. The van der Waals surface area contributed by atoms with Gasteiger partial charge in [-0.3, -0.25) is 9.78 Å². The monoisotopic (exact) mass is 493 g/mol. The maximum Gasteiger partial charge on any atom is 0.125 e. The van der Waals surface area contributed by atoms with Crippen molar-refractivity contribution in [3.05, 3.63) is 78.9 Å². The van der Waals surface area contributed by atoms with E-state index in [-0.39, 0.29) is 5.82 Å². The summed E-state index contributed by atoms with van der Waals surface area (Å²) in [6.07, 6.45) is 3.86. The Morgan fingerprint density at radius 1 is 0.946 bits per heavy atom. The van der Waals surface area contributed by atoms with Crippen LogP contribution in [0.25, 0.3) is 55.4 Å². The van der Waals surface area contributed by atoms with E-state index in [1.54, 1.807) is 10.7 Å². The van der Waals surface area contributed by atoms with Gasteiger partial charge >= 0.3 is 0 Å². The molecule has 0 fully saturated rings. The van der Waals surface area contributed by atoms with Crippen molar-refractivity contribution in [2.45, 2.75) is 0 Å². The molecule has 0 bridgehead atoms. The molecule has 8 heteroatoms. The van der Waals surface area contributed by atoms with Gasteiger partial charge in [0.05, 0.1) is 17.4 Å². The van der Waals surface area contributed by atoms with Crippen LogP contribution in [0.1, 0.15) is 0 Å². The van der Waals surface area contributed by atoms with Crippen molar-refractivity contribution in [2.24, 2.45) is 7.05 Å². The van der Waals surface area contributed by atoms with Gasteiger partial charge in [-0.15, -0.1) is 0 Å². The summed E-state index contributed by atoms with van der Waals surface area (Å²) in [5, 5.41) is 17.4. The molecule has 3 heterocycles. The molecule has 0 aliphatic carbocycles. The SMILES string of the molecule is CN(C)CCNc1cc(F)cc(-c2cccc3[nH]c(-c4n[nH]c5ccc(-c6cnn(C)c6)cc45)cc23)c1. The van der Waals surface area contributed by atoms with Crippen molar-refractivity contribution >= 4 is 27.5 Å². The van der Waals surface area contributed by atoms with E-state index in [1.807, 2.05) is 63.9 Å². The average Bonchev–Trinajstić information content (AvgIpc) is 3.60. The van der Waals surface area contributed by atoms with Crippen molar-refractivity contribution in [1.82, 2.24) is 29.9 Å². The minimum absolute atomic E-state index is 0.265. The Hall–Kier alpha value is -4.43. The summed E-state index contributed by atoms with van der Waals surface area (Å²) in [5.74, 6) is -0.265. The number of hydrogen-bond acceptors (Lipinski definition) is 4. The average molecular weight is 494 g/mol. The first kappa shape index (κ1) is 23.0. The second-order valence-corrected chi connectivity index (χ2v) is 9.64. The lowest BCUT2D eigenvalue weighted by Gasteiger charge is -2.13. The van der Waals surface area contributed by atoms with Gasteiger partial charge in [-0.1, -0.05) is 18.2 Å². The Labute approximate surface area is 213 Å². The van der Waals surface area contributed by atoms with E-state index in [0.717, 1.165) is 74.2 Å². The zero-order valence-electron chi connectivity index (χ0n) is 21.0. The molecule has 0 atom stereocenters. The quantitative estimate of drug-likeness (QED) is 0.259. The van der Waals surface area contributed by atoms with Crippen LogP contribution < -0.4 is 5.32 Å². The van der Waals surface area contributed by atoms with Gasteiger partial charge in [0.15, 0.2) is 0 Å². The van der Waals surface area contributed by atoms with Crippen molar-refractivity contribution in [1.29, 1.82) is 0 Å². The number of fused-ring (bicyclic) bond motifs is 2. The molecule has 6 aromatic rings. The topological polar surface area (TPSA) is 77.6 Å². The number of aryl methyl sites for hydroxylation is 1. The molecule has 3 aromatic carbocycles. The number of benzene rings is 3. The highest BCUT2D eigenvalue weighted by Crippen LogP contribution is 2.36. The molecule has 0 amide bonds.